The van der Waals surface area contributed by atoms with Crippen LogP contribution in [0.25, 0.3) is 17.4 Å². The fourth-order valence-electron chi connectivity index (χ4n) is 3.03. The van der Waals surface area contributed by atoms with Crippen molar-refractivity contribution in [3.63, 3.8) is 0 Å². The molecule has 2 heterocycles. The largest absolute Gasteiger partial charge is 0.457 e. The molecule has 0 unspecified atom stereocenters. The van der Waals surface area contributed by atoms with Crippen molar-refractivity contribution in [2.24, 2.45) is 0 Å². The number of benzene rings is 2. The fraction of sp³-hybridized carbons (Fsp3) is 0.0909. The van der Waals surface area contributed by atoms with Crippen LogP contribution in [-0.4, -0.2) is 10.2 Å². The first kappa shape index (κ1) is 20.4. The number of aryl methyl sites for hydroxylation is 1. The van der Waals surface area contributed by atoms with E-state index in [0.29, 0.717) is 14.9 Å². The molecular formula is C22H14F3NO2S2. The number of hydrogen-bond donors (Lipinski definition) is 0. The van der Waals surface area contributed by atoms with Gasteiger partial charge in [-0.1, -0.05) is 59.9 Å². The van der Waals surface area contributed by atoms with Crippen molar-refractivity contribution in [2.75, 3.05) is 4.90 Å². The summed E-state index contributed by atoms with van der Waals surface area (Å²) in [6.07, 6.45) is -3.01. The van der Waals surface area contributed by atoms with Gasteiger partial charge in [-0.05, 0) is 37.3 Å². The second-order valence-electron chi connectivity index (χ2n) is 6.60. The Bertz CT molecular complexity index is 1160. The van der Waals surface area contributed by atoms with Gasteiger partial charge in [-0.2, -0.15) is 13.2 Å². The zero-order chi connectivity index (χ0) is 21.5. The third-order valence-electron chi connectivity index (χ3n) is 4.48. The highest BCUT2D eigenvalue weighted by atomic mass is 32.2. The Hall–Kier alpha value is -2.84. The summed E-state index contributed by atoms with van der Waals surface area (Å²) in [6, 6.07) is 15.6. The van der Waals surface area contributed by atoms with Crippen LogP contribution in [0.4, 0.5) is 18.9 Å². The number of alkyl halides is 3. The number of rotatable bonds is 3. The lowest BCUT2D eigenvalue weighted by atomic mass is 10.1. The molecule has 1 aromatic heterocycles. The first-order valence-corrected chi connectivity index (χ1v) is 10.1. The van der Waals surface area contributed by atoms with E-state index in [1.165, 1.54) is 41.3 Å². The second-order valence-corrected chi connectivity index (χ2v) is 8.27. The summed E-state index contributed by atoms with van der Waals surface area (Å²) in [6.45, 7) is 1.94. The maximum absolute atomic E-state index is 13.3. The smallest absolute Gasteiger partial charge is 0.417 e. The van der Waals surface area contributed by atoms with Gasteiger partial charge in [0.05, 0.1) is 16.2 Å². The zero-order valence-electron chi connectivity index (χ0n) is 15.6. The molecule has 152 valence electrons. The van der Waals surface area contributed by atoms with E-state index in [4.69, 9.17) is 16.6 Å². The average molecular weight is 445 g/mol. The topological polar surface area (TPSA) is 33.5 Å². The lowest BCUT2D eigenvalue weighted by molar-refractivity contribution is -0.137. The number of anilines is 1. The molecule has 0 bridgehead atoms. The van der Waals surface area contributed by atoms with Gasteiger partial charge in [-0.15, -0.1) is 0 Å². The quantitative estimate of drug-likeness (QED) is 0.333. The van der Waals surface area contributed by atoms with Crippen LogP contribution < -0.4 is 4.90 Å². The van der Waals surface area contributed by atoms with Crippen molar-refractivity contribution >= 4 is 46.0 Å². The van der Waals surface area contributed by atoms with E-state index < -0.39 is 11.7 Å². The minimum atomic E-state index is -4.50. The molecule has 1 aliphatic heterocycles. The molecular weight excluding hydrogens is 431 g/mol. The summed E-state index contributed by atoms with van der Waals surface area (Å²) in [7, 11) is 0. The highest BCUT2D eigenvalue weighted by Crippen LogP contribution is 2.39. The Morgan fingerprint density at radius 2 is 1.73 bits per heavy atom. The van der Waals surface area contributed by atoms with E-state index in [2.05, 4.69) is 0 Å². The number of thiocarbonyl (C=S) groups is 1. The van der Waals surface area contributed by atoms with Crippen molar-refractivity contribution in [3.05, 3.63) is 82.5 Å². The molecule has 4 rings (SSSR count). The molecule has 8 heteroatoms. The molecule has 1 aliphatic rings. The highest BCUT2D eigenvalue weighted by Gasteiger charge is 2.35. The SMILES string of the molecule is Cc1ccc(N2C(=O)/C(=C/c3ccc(-c4ccccc4C(F)(F)F)o3)SC2=S)cc1. The van der Waals surface area contributed by atoms with E-state index in [0.717, 1.165) is 23.4 Å². The maximum Gasteiger partial charge on any atom is 0.417 e. The maximum atomic E-state index is 13.3. The van der Waals surface area contributed by atoms with Crippen LogP contribution >= 0.6 is 24.0 Å². The predicted molar refractivity (Wildman–Crippen MR) is 116 cm³/mol. The number of nitrogens with zero attached hydrogens (tertiary/aromatic N) is 1. The molecule has 3 aromatic rings. The van der Waals surface area contributed by atoms with Gasteiger partial charge >= 0.3 is 6.18 Å². The normalized spacial score (nSPS) is 16.0. The van der Waals surface area contributed by atoms with E-state index >= 15 is 0 Å². The van der Waals surface area contributed by atoms with Crippen LogP contribution in [0, 0.1) is 6.92 Å². The lowest BCUT2D eigenvalue weighted by Gasteiger charge is -2.14. The number of furan rings is 1. The summed E-state index contributed by atoms with van der Waals surface area (Å²) in [5, 5.41) is 0. The summed E-state index contributed by atoms with van der Waals surface area (Å²) >= 11 is 6.45. The van der Waals surface area contributed by atoms with E-state index in [1.807, 2.05) is 31.2 Å². The minimum absolute atomic E-state index is 0.0585. The summed E-state index contributed by atoms with van der Waals surface area (Å²) in [4.78, 5) is 14.6. The Balaban J connectivity index is 1.63. The molecule has 1 saturated heterocycles. The Morgan fingerprint density at radius 1 is 1.03 bits per heavy atom. The molecule has 30 heavy (non-hydrogen) atoms. The fourth-order valence-corrected chi connectivity index (χ4v) is 4.31. The van der Waals surface area contributed by atoms with Crippen molar-refractivity contribution in [3.8, 4) is 11.3 Å². The molecule has 0 aliphatic carbocycles. The second kappa shape index (κ2) is 7.77. The molecule has 0 N–H and O–H groups in total. The number of amides is 1. The van der Waals surface area contributed by atoms with Crippen molar-refractivity contribution in [1.29, 1.82) is 0 Å². The van der Waals surface area contributed by atoms with E-state index in [1.54, 1.807) is 0 Å². The third-order valence-corrected chi connectivity index (χ3v) is 5.79. The molecule has 2 aromatic carbocycles. The van der Waals surface area contributed by atoms with Crippen LogP contribution in [0.1, 0.15) is 16.9 Å². The van der Waals surface area contributed by atoms with E-state index in [9.17, 15) is 18.0 Å². The van der Waals surface area contributed by atoms with Gasteiger partial charge in [0.2, 0.25) is 0 Å². The molecule has 0 atom stereocenters. The molecule has 1 amide bonds. The van der Waals surface area contributed by atoms with Crippen LogP contribution in [0.5, 0.6) is 0 Å². The third kappa shape index (κ3) is 3.93. The van der Waals surface area contributed by atoms with Gasteiger partial charge in [-0.3, -0.25) is 9.69 Å². The van der Waals surface area contributed by atoms with Crippen molar-refractivity contribution < 1.29 is 22.4 Å². The molecule has 0 radical (unpaired) electrons. The standard InChI is InChI=1S/C22H14F3NO2S2/c1-13-6-8-14(9-7-13)26-20(27)19(30-21(26)29)12-15-10-11-18(28-15)16-4-2-3-5-17(16)22(23,24)25/h2-12H,1H3/b19-12-. The Kier molecular flexibility index (Phi) is 5.29. The minimum Gasteiger partial charge on any atom is -0.457 e. The first-order chi connectivity index (χ1) is 14.2. The first-order valence-electron chi connectivity index (χ1n) is 8.85. The number of hydrogen-bond acceptors (Lipinski definition) is 4. The molecule has 3 nitrogen and oxygen atoms in total. The van der Waals surface area contributed by atoms with Crippen molar-refractivity contribution in [2.45, 2.75) is 13.1 Å². The van der Waals surface area contributed by atoms with Crippen molar-refractivity contribution in [1.82, 2.24) is 0 Å². The van der Waals surface area contributed by atoms with Crippen LogP contribution in [0.3, 0.4) is 0 Å². The number of carbonyl (C=O) groups is 1. The Morgan fingerprint density at radius 3 is 2.43 bits per heavy atom. The monoisotopic (exact) mass is 445 g/mol. The summed E-state index contributed by atoms with van der Waals surface area (Å²) in [5.41, 5.74) is 0.876. The summed E-state index contributed by atoms with van der Waals surface area (Å²) < 4.78 is 45.8. The van der Waals surface area contributed by atoms with Gasteiger partial charge in [-0.25, -0.2) is 0 Å². The number of thioether (sulfide) groups is 1. The van der Waals surface area contributed by atoms with Crippen LogP contribution in [-0.2, 0) is 11.0 Å². The van der Waals surface area contributed by atoms with E-state index in [-0.39, 0.29) is 23.0 Å². The van der Waals surface area contributed by atoms with Gasteiger partial charge in [0.25, 0.3) is 5.91 Å². The van der Waals surface area contributed by atoms with Gasteiger partial charge < -0.3 is 4.42 Å². The lowest BCUT2D eigenvalue weighted by Crippen LogP contribution is -2.27. The summed E-state index contributed by atoms with van der Waals surface area (Å²) in [5.74, 6) is 0.0390. The molecule has 1 fully saturated rings. The van der Waals surface area contributed by atoms with Gasteiger partial charge in [0, 0.05) is 11.6 Å². The Labute approximate surface area is 180 Å². The molecule has 0 saturated carbocycles. The van der Waals surface area contributed by atoms with Gasteiger partial charge in [0.15, 0.2) is 4.32 Å². The highest BCUT2D eigenvalue weighted by molar-refractivity contribution is 8.27. The van der Waals surface area contributed by atoms with Gasteiger partial charge in [0.1, 0.15) is 11.5 Å². The number of carbonyl (C=O) groups excluding carboxylic acids is 1. The zero-order valence-corrected chi connectivity index (χ0v) is 17.2. The average Bonchev–Trinajstić information content (AvgIpc) is 3.27. The predicted octanol–water partition coefficient (Wildman–Crippen LogP) is 6.68. The van der Waals surface area contributed by atoms with Crippen LogP contribution in [0.15, 0.2) is 70.0 Å². The number of halogens is 3. The van der Waals surface area contributed by atoms with Crippen LogP contribution in [0.2, 0.25) is 0 Å². The molecule has 0 spiro atoms.